The summed E-state index contributed by atoms with van der Waals surface area (Å²) in [5.74, 6) is 0.264. The minimum absolute atomic E-state index is 0.306. The van der Waals surface area contributed by atoms with Gasteiger partial charge in [0.05, 0.1) is 6.61 Å². The molecule has 0 N–H and O–H groups in total. The maximum absolute atomic E-state index is 14.4. The molecule has 0 saturated carbocycles. The first kappa shape index (κ1) is 19.2. The lowest BCUT2D eigenvalue weighted by Crippen LogP contribution is -1.99. The first-order chi connectivity index (χ1) is 11.6. The van der Waals surface area contributed by atoms with E-state index in [1.807, 2.05) is 24.3 Å². The van der Waals surface area contributed by atoms with E-state index in [4.69, 9.17) is 4.74 Å². The summed E-state index contributed by atoms with van der Waals surface area (Å²) < 4.78 is 21.0. The molecule has 24 heavy (non-hydrogen) atoms. The Morgan fingerprint density at radius 1 is 1.00 bits per heavy atom. The van der Waals surface area contributed by atoms with Crippen molar-refractivity contribution < 1.29 is 9.13 Å². The highest BCUT2D eigenvalue weighted by Crippen LogP contribution is 2.27. The van der Waals surface area contributed by atoms with Crippen LogP contribution >= 0.6 is 31.9 Å². The van der Waals surface area contributed by atoms with E-state index < -0.39 is 0 Å². The zero-order chi connectivity index (χ0) is 17.4. The Morgan fingerprint density at radius 2 is 1.71 bits per heavy atom. The molecule has 2 aromatic carbocycles. The third-order valence-electron chi connectivity index (χ3n) is 3.76. The third kappa shape index (κ3) is 5.75. The number of rotatable bonds is 9. The molecular formula is C20H21Br2FO. The molecule has 0 spiro atoms. The van der Waals surface area contributed by atoms with Crippen molar-refractivity contribution in [1.82, 2.24) is 0 Å². The second-order valence-electron chi connectivity index (χ2n) is 5.58. The van der Waals surface area contributed by atoms with Gasteiger partial charge < -0.3 is 4.74 Å². The summed E-state index contributed by atoms with van der Waals surface area (Å²) in [6.07, 6.45) is 4.49. The Hall–Kier alpha value is -1.13. The van der Waals surface area contributed by atoms with Gasteiger partial charge in [0.25, 0.3) is 0 Å². The van der Waals surface area contributed by atoms with E-state index in [0.29, 0.717) is 23.5 Å². The van der Waals surface area contributed by atoms with Crippen molar-refractivity contribution in [3.05, 3.63) is 70.5 Å². The van der Waals surface area contributed by atoms with E-state index in [-0.39, 0.29) is 5.82 Å². The largest absolute Gasteiger partial charge is 0.493 e. The van der Waals surface area contributed by atoms with Gasteiger partial charge in [-0.2, -0.15) is 0 Å². The molecule has 0 amide bonds. The number of benzene rings is 2. The Balaban J connectivity index is 1.94. The van der Waals surface area contributed by atoms with Crippen molar-refractivity contribution in [3.63, 3.8) is 0 Å². The lowest BCUT2D eigenvalue weighted by atomic mass is 9.99. The maximum atomic E-state index is 14.4. The van der Waals surface area contributed by atoms with Gasteiger partial charge in [0, 0.05) is 21.4 Å². The molecule has 0 fully saturated rings. The van der Waals surface area contributed by atoms with Gasteiger partial charge in [-0.3, -0.25) is 0 Å². The molecule has 0 aliphatic carbocycles. The fourth-order valence-corrected chi connectivity index (χ4v) is 3.04. The lowest BCUT2D eigenvalue weighted by Gasteiger charge is -2.11. The molecule has 4 heteroatoms. The molecule has 2 rings (SSSR count). The summed E-state index contributed by atoms with van der Waals surface area (Å²) in [5.41, 5.74) is 2.07. The van der Waals surface area contributed by atoms with E-state index in [0.717, 1.165) is 28.2 Å². The van der Waals surface area contributed by atoms with E-state index >= 15 is 0 Å². The van der Waals surface area contributed by atoms with Gasteiger partial charge in [-0.05, 0) is 48.2 Å². The Bertz CT molecular complexity index is 668. The predicted molar refractivity (Wildman–Crippen MR) is 106 cm³/mol. The highest BCUT2D eigenvalue weighted by Gasteiger charge is 2.09. The van der Waals surface area contributed by atoms with Gasteiger partial charge in [0.2, 0.25) is 0 Å². The zero-order valence-electron chi connectivity index (χ0n) is 13.5. The number of hydrogen-bond donors (Lipinski definition) is 0. The van der Waals surface area contributed by atoms with Crippen LogP contribution in [0.1, 0.15) is 36.8 Å². The highest BCUT2D eigenvalue weighted by atomic mass is 79.9. The highest BCUT2D eigenvalue weighted by molar-refractivity contribution is 9.10. The normalized spacial score (nSPS) is 10.6. The van der Waals surface area contributed by atoms with Crippen molar-refractivity contribution in [2.75, 3.05) is 11.9 Å². The van der Waals surface area contributed by atoms with Crippen LogP contribution in [0, 0.1) is 5.82 Å². The molecule has 128 valence electrons. The van der Waals surface area contributed by atoms with Crippen molar-refractivity contribution in [2.24, 2.45) is 0 Å². The molecule has 0 aliphatic heterocycles. The molecular weight excluding hydrogens is 435 g/mol. The van der Waals surface area contributed by atoms with Crippen LogP contribution in [-0.4, -0.2) is 11.9 Å². The summed E-state index contributed by atoms with van der Waals surface area (Å²) in [7, 11) is 0. The number of alkyl halides is 1. The Kier molecular flexibility index (Phi) is 8.00. The predicted octanol–water partition coefficient (Wildman–Crippen LogP) is 6.98. The quantitative estimate of drug-likeness (QED) is 0.292. The molecule has 0 heterocycles. The fraction of sp³-hybridized carbons (Fsp3) is 0.300. The molecule has 0 bridgehead atoms. The fourth-order valence-electron chi connectivity index (χ4n) is 2.38. The van der Waals surface area contributed by atoms with Crippen LogP contribution in [0.5, 0.6) is 5.75 Å². The summed E-state index contributed by atoms with van der Waals surface area (Å²) in [4.78, 5) is 0. The zero-order valence-corrected chi connectivity index (χ0v) is 16.7. The second-order valence-corrected chi connectivity index (χ2v) is 7.29. The number of hydrogen-bond acceptors (Lipinski definition) is 1. The maximum Gasteiger partial charge on any atom is 0.134 e. The molecule has 0 unspecified atom stereocenters. The van der Waals surface area contributed by atoms with Crippen molar-refractivity contribution in [3.8, 4) is 5.75 Å². The minimum atomic E-state index is -0.306. The van der Waals surface area contributed by atoms with E-state index in [1.54, 1.807) is 12.1 Å². The Labute approximate surface area is 160 Å². The van der Waals surface area contributed by atoms with Crippen LogP contribution in [0.4, 0.5) is 4.39 Å². The van der Waals surface area contributed by atoms with Gasteiger partial charge in [-0.1, -0.05) is 63.4 Å². The smallest absolute Gasteiger partial charge is 0.134 e. The van der Waals surface area contributed by atoms with E-state index in [2.05, 4.69) is 38.4 Å². The number of unbranched alkanes of at least 4 members (excludes halogenated alkanes) is 3. The first-order valence-corrected chi connectivity index (χ1v) is 9.97. The van der Waals surface area contributed by atoms with Gasteiger partial charge in [-0.25, -0.2) is 4.39 Å². The van der Waals surface area contributed by atoms with Gasteiger partial charge in [0.1, 0.15) is 11.6 Å². The molecule has 0 aliphatic rings. The topological polar surface area (TPSA) is 9.23 Å². The minimum Gasteiger partial charge on any atom is -0.493 e. The van der Waals surface area contributed by atoms with Gasteiger partial charge in [-0.15, -0.1) is 0 Å². The van der Waals surface area contributed by atoms with Crippen LogP contribution in [0.2, 0.25) is 0 Å². The molecule has 1 nitrogen and oxygen atoms in total. The Morgan fingerprint density at radius 3 is 2.38 bits per heavy atom. The monoisotopic (exact) mass is 454 g/mol. The standard InChI is InChI=1S/C20H21Br2FO/c1-15(16-6-8-17(22)9-7-16)19-11-10-18(14-20(19)23)24-13-5-3-2-4-12-21/h6-11,14H,1-5,12-13H2. The molecule has 0 aromatic heterocycles. The van der Waals surface area contributed by atoms with Gasteiger partial charge in [0.15, 0.2) is 0 Å². The van der Waals surface area contributed by atoms with Crippen molar-refractivity contribution >= 4 is 37.4 Å². The van der Waals surface area contributed by atoms with Crippen LogP contribution < -0.4 is 4.74 Å². The summed E-state index contributed by atoms with van der Waals surface area (Å²) >= 11 is 6.82. The number of halogens is 3. The number of ether oxygens (including phenoxy) is 1. The molecule has 0 radical (unpaired) electrons. The lowest BCUT2D eigenvalue weighted by molar-refractivity contribution is 0.303. The van der Waals surface area contributed by atoms with Crippen molar-refractivity contribution in [2.45, 2.75) is 25.7 Å². The van der Waals surface area contributed by atoms with E-state index in [9.17, 15) is 4.39 Å². The van der Waals surface area contributed by atoms with Crippen LogP contribution in [-0.2, 0) is 0 Å². The first-order valence-electron chi connectivity index (χ1n) is 8.05. The van der Waals surface area contributed by atoms with Crippen LogP contribution in [0.3, 0.4) is 0 Å². The van der Waals surface area contributed by atoms with Crippen LogP contribution in [0.25, 0.3) is 5.57 Å². The third-order valence-corrected chi connectivity index (χ3v) is 4.84. The molecule has 0 saturated heterocycles. The second kappa shape index (κ2) is 10.00. The summed E-state index contributed by atoms with van der Waals surface area (Å²) in [5, 5.41) is 1.04. The van der Waals surface area contributed by atoms with Crippen molar-refractivity contribution in [1.29, 1.82) is 0 Å². The molecule has 2 aromatic rings. The molecule has 0 atom stereocenters. The van der Waals surface area contributed by atoms with Crippen LogP contribution in [0.15, 0.2) is 53.5 Å². The van der Waals surface area contributed by atoms with Gasteiger partial charge >= 0.3 is 0 Å². The SMILES string of the molecule is C=C(c1ccc(Br)cc1)c1ccc(OCCCCCCBr)cc1F. The average molecular weight is 456 g/mol. The van der Waals surface area contributed by atoms with E-state index in [1.165, 1.54) is 18.9 Å². The average Bonchev–Trinajstić information content (AvgIpc) is 2.58. The summed E-state index contributed by atoms with van der Waals surface area (Å²) in [6.45, 7) is 4.64. The summed E-state index contributed by atoms with van der Waals surface area (Å²) in [6, 6.07) is 12.7.